The van der Waals surface area contributed by atoms with E-state index >= 15 is 0 Å². The van der Waals surface area contributed by atoms with Crippen molar-refractivity contribution in [1.29, 1.82) is 0 Å². The summed E-state index contributed by atoms with van der Waals surface area (Å²) < 4.78 is 18.4. The molecule has 1 aliphatic carbocycles. The van der Waals surface area contributed by atoms with E-state index in [1.54, 1.807) is 12.1 Å². The van der Waals surface area contributed by atoms with Crippen LogP contribution in [0.2, 0.25) is 0 Å². The van der Waals surface area contributed by atoms with Crippen molar-refractivity contribution in [2.24, 2.45) is 5.73 Å². The van der Waals surface area contributed by atoms with E-state index in [4.69, 9.17) is 10.3 Å². The van der Waals surface area contributed by atoms with E-state index in [9.17, 15) is 4.39 Å². The molecular formula is C15H19ClFN3O. The number of nitrogens with two attached hydrogens (primary N) is 1. The fourth-order valence-corrected chi connectivity index (χ4v) is 2.81. The van der Waals surface area contributed by atoms with E-state index in [2.05, 4.69) is 10.1 Å². The lowest BCUT2D eigenvalue weighted by atomic mass is 9.99. The number of hydrogen-bond acceptors (Lipinski definition) is 4. The monoisotopic (exact) mass is 311 g/mol. The minimum atomic E-state index is -0.262. The van der Waals surface area contributed by atoms with Gasteiger partial charge in [0, 0.05) is 12.5 Å². The molecule has 1 aliphatic rings. The summed E-state index contributed by atoms with van der Waals surface area (Å²) in [6.45, 7) is 0.359. The first-order valence-electron chi connectivity index (χ1n) is 7.07. The molecule has 114 valence electrons. The minimum absolute atomic E-state index is 0. The summed E-state index contributed by atoms with van der Waals surface area (Å²) in [4.78, 5) is 4.51. The molecule has 0 bridgehead atoms. The maximum atomic E-state index is 13.0. The summed E-state index contributed by atoms with van der Waals surface area (Å²) in [7, 11) is 0. The van der Waals surface area contributed by atoms with Gasteiger partial charge in [-0.15, -0.1) is 12.4 Å². The average molecular weight is 312 g/mol. The molecule has 1 atom stereocenters. The summed E-state index contributed by atoms with van der Waals surface area (Å²) in [5.41, 5.74) is 6.71. The van der Waals surface area contributed by atoms with Crippen LogP contribution in [-0.4, -0.2) is 16.7 Å². The van der Waals surface area contributed by atoms with Gasteiger partial charge in [0.2, 0.25) is 5.89 Å². The lowest BCUT2D eigenvalue weighted by Crippen LogP contribution is -2.14. The second-order valence-corrected chi connectivity index (χ2v) is 5.31. The Bertz CT molecular complexity index is 567. The quantitative estimate of drug-likeness (QED) is 0.940. The Morgan fingerprint density at radius 1 is 1.24 bits per heavy atom. The Kier molecular flexibility index (Phi) is 5.31. The van der Waals surface area contributed by atoms with Crippen LogP contribution in [0.15, 0.2) is 28.8 Å². The van der Waals surface area contributed by atoms with Crippen LogP contribution in [0.1, 0.15) is 54.8 Å². The van der Waals surface area contributed by atoms with Crippen LogP contribution in [0.4, 0.5) is 4.39 Å². The van der Waals surface area contributed by atoms with E-state index in [0.29, 0.717) is 18.4 Å². The highest BCUT2D eigenvalue weighted by atomic mass is 35.5. The predicted octanol–water partition coefficient (Wildman–Crippen LogP) is 3.38. The van der Waals surface area contributed by atoms with Crippen molar-refractivity contribution in [3.8, 4) is 0 Å². The predicted molar refractivity (Wildman–Crippen MR) is 80.1 cm³/mol. The Labute approximate surface area is 129 Å². The highest BCUT2D eigenvalue weighted by molar-refractivity contribution is 5.85. The van der Waals surface area contributed by atoms with Crippen molar-refractivity contribution in [1.82, 2.24) is 10.1 Å². The van der Waals surface area contributed by atoms with E-state index < -0.39 is 0 Å². The molecule has 1 aromatic heterocycles. The zero-order chi connectivity index (χ0) is 13.9. The highest BCUT2D eigenvalue weighted by Gasteiger charge is 2.25. The first-order valence-corrected chi connectivity index (χ1v) is 7.07. The molecule has 4 nitrogen and oxygen atoms in total. The molecule has 1 unspecified atom stereocenters. The van der Waals surface area contributed by atoms with Crippen molar-refractivity contribution >= 4 is 12.4 Å². The smallest absolute Gasteiger partial charge is 0.235 e. The van der Waals surface area contributed by atoms with Crippen LogP contribution >= 0.6 is 12.4 Å². The average Bonchev–Trinajstić information content (AvgIpc) is 3.12. The fraction of sp³-hybridized carbons (Fsp3) is 0.467. The third-order valence-electron chi connectivity index (χ3n) is 3.98. The number of hydrogen-bond donors (Lipinski definition) is 1. The summed E-state index contributed by atoms with van der Waals surface area (Å²) in [6, 6.07) is 6.27. The number of nitrogens with zero attached hydrogens (tertiary/aromatic N) is 2. The molecule has 21 heavy (non-hydrogen) atoms. The molecule has 0 radical (unpaired) electrons. The maximum Gasteiger partial charge on any atom is 0.235 e. The molecule has 1 fully saturated rings. The third kappa shape index (κ3) is 3.41. The van der Waals surface area contributed by atoms with Gasteiger partial charge in [0.1, 0.15) is 5.82 Å². The van der Waals surface area contributed by atoms with Gasteiger partial charge in [0.15, 0.2) is 5.82 Å². The van der Waals surface area contributed by atoms with Crippen LogP contribution in [0.3, 0.4) is 0 Å². The van der Waals surface area contributed by atoms with Crippen molar-refractivity contribution in [3.05, 3.63) is 47.4 Å². The largest absolute Gasteiger partial charge is 0.339 e. The Balaban J connectivity index is 0.00000161. The molecular weight excluding hydrogens is 293 g/mol. The fourth-order valence-electron chi connectivity index (χ4n) is 2.81. The van der Waals surface area contributed by atoms with Crippen molar-refractivity contribution in [2.45, 2.75) is 37.5 Å². The van der Waals surface area contributed by atoms with Crippen molar-refractivity contribution in [3.63, 3.8) is 0 Å². The lowest BCUT2D eigenvalue weighted by molar-refractivity contribution is 0.359. The van der Waals surface area contributed by atoms with Gasteiger partial charge in [-0.25, -0.2) is 4.39 Å². The van der Waals surface area contributed by atoms with Gasteiger partial charge >= 0.3 is 0 Å². The molecule has 0 saturated heterocycles. The first kappa shape index (κ1) is 15.9. The zero-order valence-corrected chi connectivity index (χ0v) is 12.5. The second-order valence-electron chi connectivity index (χ2n) is 5.31. The van der Waals surface area contributed by atoms with Gasteiger partial charge in [0.25, 0.3) is 0 Å². The first-order chi connectivity index (χ1) is 9.78. The van der Waals surface area contributed by atoms with Crippen LogP contribution in [-0.2, 0) is 0 Å². The van der Waals surface area contributed by atoms with Gasteiger partial charge in [-0.05, 0) is 30.5 Å². The molecule has 6 heteroatoms. The van der Waals surface area contributed by atoms with Gasteiger partial charge in [-0.1, -0.05) is 30.1 Å². The molecule has 1 aromatic carbocycles. The van der Waals surface area contributed by atoms with Gasteiger partial charge in [-0.2, -0.15) is 4.98 Å². The standard InChI is InChI=1S/C15H18FN3O.ClH/c16-12-7-5-10(6-8-12)13(9-17)15-18-14(19-20-15)11-3-1-2-4-11;/h5-8,11,13H,1-4,9,17H2;1H. The molecule has 2 aromatic rings. The minimum Gasteiger partial charge on any atom is -0.339 e. The number of aromatic nitrogens is 2. The number of halogens is 2. The Hall–Kier alpha value is -1.46. The lowest BCUT2D eigenvalue weighted by Gasteiger charge is -2.10. The van der Waals surface area contributed by atoms with Crippen LogP contribution < -0.4 is 5.73 Å². The van der Waals surface area contributed by atoms with E-state index in [1.807, 2.05) is 0 Å². The molecule has 0 spiro atoms. The molecule has 0 aliphatic heterocycles. The maximum absolute atomic E-state index is 13.0. The van der Waals surface area contributed by atoms with Crippen LogP contribution in [0, 0.1) is 5.82 Å². The molecule has 1 saturated carbocycles. The Morgan fingerprint density at radius 2 is 1.90 bits per heavy atom. The summed E-state index contributed by atoms with van der Waals surface area (Å²) in [6.07, 6.45) is 4.71. The summed E-state index contributed by atoms with van der Waals surface area (Å²) in [5.74, 6) is 1.30. The van der Waals surface area contributed by atoms with Crippen molar-refractivity contribution in [2.75, 3.05) is 6.54 Å². The molecule has 1 heterocycles. The topological polar surface area (TPSA) is 64.9 Å². The highest BCUT2D eigenvalue weighted by Crippen LogP contribution is 2.33. The molecule has 0 amide bonds. The van der Waals surface area contributed by atoms with Crippen LogP contribution in [0.25, 0.3) is 0 Å². The number of rotatable bonds is 4. The molecule has 2 N–H and O–H groups in total. The van der Waals surface area contributed by atoms with Gasteiger partial charge < -0.3 is 10.3 Å². The Morgan fingerprint density at radius 3 is 2.52 bits per heavy atom. The number of benzene rings is 1. The van der Waals surface area contributed by atoms with Crippen LogP contribution in [0.5, 0.6) is 0 Å². The second kappa shape index (κ2) is 7.00. The van der Waals surface area contributed by atoms with E-state index in [0.717, 1.165) is 24.2 Å². The van der Waals surface area contributed by atoms with E-state index in [-0.39, 0.29) is 24.1 Å². The van der Waals surface area contributed by atoms with E-state index in [1.165, 1.54) is 25.0 Å². The SMILES string of the molecule is Cl.NCC(c1ccc(F)cc1)c1nc(C2CCCC2)no1. The normalized spacial score (nSPS) is 16.7. The van der Waals surface area contributed by atoms with Gasteiger partial charge in [0.05, 0.1) is 5.92 Å². The third-order valence-corrected chi connectivity index (χ3v) is 3.98. The molecule has 3 rings (SSSR count). The van der Waals surface area contributed by atoms with Crippen molar-refractivity contribution < 1.29 is 8.91 Å². The summed E-state index contributed by atoms with van der Waals surface area (Å²) in [5, 5.41) is 4.09. The zero-order valence-electron chi connectivity index (χ0n) is 11.7. The van der Waals surface area contributed by atoms with Gasteiger partial charge in [-0.3, -0.25) is 0 Å². The summed E-state index contributed by atoms with van der Waals surface area (Å²) >= 11 is 0.